The van der Waals surface area contributed by atoms with Gasteiger partial charge in [-0.3, -0.25) is 9.10 Å². The van der Waals surface area contributed by atoms with Gasteiger partial charge in [-0.2, -0.15) is 0 Å². The molecule has 0 aliphatic rings. The molecule has 0 radical (unpaired) electrons. The summed E-state index contributed by atoms with van der Waals surface area (Å²) in [5.74, 6) is -5.30. The number of carbonyl (C=O) groups is 1. The Morgan fingerprint density at radius 1 is 1.04 bits per heavy atom. The second kappa shape index (κ2) is 8.22. The Labute approximate surface area is 149 Å². The van der Waals surface area contributed by atoms with Crippen molar-refractivity contribution < 1.29 is 26.4 Å². The molecule has 0 atom stereocenters. The smallest absolute Gasteiger partial charge is 0.232 e. The minimum Gasteiger partial charge on any atom is -0.352 e. The SMILES string of the molecule is CS(=O)(=O)N(CCC(=O)NCc1ccccc1)c1ccc(F)c(F)c1F. The lowest BCUT2D eigenvalue weighted by Gasteiger charge is -2.22. The first-order chi connectivity index (χ1) is 12.2. The zero-order valence-corrected chi connectivity index (χ0v) is 14.7. The molecule has 2 aromatic rings. The number of hydrogen-bond acceptors (Lipinski definition) is 3. The summed E-state index contributed by atoms with van der Waals surface area (Å²) in [6, 6.07) is 10.5. The minimum atomic E-state index is -4.01. The molecule has 0 fully saturated rings. The molecule has 26 heavy (non-hydrogen) atoms. The van der Waals surface area contributed by atoms with Gasteiger partial charge in [0.15, 0.2) is 17.5 Å². The van der Waals surface area contributed by atoms with E-state index in [1.165, 1.54) is 0 Å². The second-order valence-electron chi connectivity index (χ2n) is 5.54. The molecule has 1 amide bonds. The number of hydrogen-bond donors (Lipinski definition) is 1. The van der Waals surface area contributed by atoms with Crippen LogP contribution in [0.25, 0.3) is 0 Å². The van der Waals surface area contributed by atoms with Gasteiger partial charge in [-0.15, -0.1) is 0 Å². The molecule has 0 saturated heterocycles. The van der Waals surface area contributed by atoms with E-state index < -0.39 is 45.6 Å². The van der Waals surface area contributed by atoms with Gasteiger partial charge in [-0.05, 0) is 17.7 Å². The Kier molecular flexibility index (Phi) is 6.25. The van der Waals surface area contributed by atoms with E-state index in [9.17, 15) is 26.4 Å². The van der Waals surface area contributed by atoms with E-state index in [0.29, 0.717) is 10.4 Å². The third-order valence-corrected chi connectivity index (χ3v) is 4.74. The molecule has 0 aliphatic heterocycles. The third kappa shape index (κ3) is 4.98. The molecule has 0 unspecified atom stereocenters. The summed E-state index contributed by atoms with van der Waals surface area (Å²) in [4.78, 5) is 11.9. The van der Waals surface area contributed by atoms with Crippen LogP contribution in [0.3, 0.4) is 0 Å². The van der Waals surface area contributed by atoms with Gasteiger partial charge in [-0.25, -0.2) is 21.6 Å². The van der Waals surface area contributed by atoms with E-state index in [-0.39, 0.29) is 13.0 Å². The zero-order chi connectivity index (χ0) is 19.3. The van der Waals surface area contributed by atoms with Crippen LogP contribution in [0, 0.1) is 17.5 Å². The predicted molar refractivity (Wildman–Crippen MR) is 91.4 cm³/mol. The normalized spacial score (nSPS) is 11.2. The Balaban J connectivity index is 2.08. The molecule has 2 rings (SSSR count). The lowest BCUT2D eigenvalue weighted by atomic mass is 10.2. The molecular weight excluding hydrogens is 369 g/mol. The zero-order valence-electron chi connectivity index (χ0n) is 13.9. The third-order valence-electron chi connectivity index (χ3n) is 3.56. The average Bonchev–Trinajstić information content (AvgIpc) is 2.59. The second-order valence-corrected chi connectivity index (χ2v) is 7.45. The highest BCUT2D eigenvalue weighted by Gasteiger charge is 2.25. The van der Waals surface area contributed by atoms with E-state index in [2.05, 4.69) is 5.32 Å². The summed E-state index contributed by atoms with van der Waals surface area (Å²) in [7, 11) is -4.01. The van der Waals surface area contributed by atoms with Gasteiger partial charge in [-0.1, -0.05) is 30.3 Å². The van der Waals surface area contributed by atoms with E-state index in [0.717, 1.165) is 17.9 Å². The largest absolute Gasteiger partial charge is 0.352 e. The molecule has 140 valence electrons. The van der Waals surface area contributed by atoms with Gasteiger partial charge in [0.05, 0.1) is 11.9 Å². The Hall–Kier alpha value is -2.55. The van der Waals surface area contributed by atoms with E-state index >= 15 is 0 Å². The van der Waals surface area contributed by atoms with Crippen molar-refractivity contribution in [3.63, 3.8) is 0 Å². The Morgan fingerprint density at radius 3 is 2.31 bits per heavy atom. The molecule has 0 aliphatic carbocycles. The fourth-order valence-electron chi connectivity index (χ4n) is 2.26. The number of carbonyl (C=O) groups excluding carboxylic acids is 1. The molecular formula is C17H17F3N2O3S. The van der Waals surface area contributed by atoms with Crippen molar-refractivity contribution in [2.45, 2.75) is 13.0 Å². The maximum Gasteiger partial charge on any atom is 0.232 e. The van der Waals surface area contributed by atoms with Crippen LogP contribution in [-0.2, 0) is 21.4 Å². The maximum atomic E-state index is 13.9. The van der Waals surface area contributed by atoms with Gasteiger partial charge in [0.1, 0.15) is 0 Å². The molecule has 0 heterocycles. The van der Waals surface area contributed by atoms with Gasteiger partial charge in [0, 0.05) is 19.5 Å². The Morgan fingerprint density at radius 2 is 1.69 bits per heavy atom. The van der Waals surface area contributed by atoms with Crippen LogP contribution in [0.4, 0.5) is 18.9 Å². The molecule has 0 bridgehead atoms. The Bertz CT molecular complexity index is 890. The van der Waals surface area contributed by atoms with Gasteiger partial charge >= 0.3 is 0 Å². The highest BCUT2D eigenvalue weighted by Crippen LogP contribution is 2.25. The molecule has 0 aromatic heterocycles. The topological polar surface area (TPSA) is 66.5 Å². The number of amides is 1. The number of anilines is 1. The van der Waals surface area contributed by atoms with Crippen molar-refractivity contribution in [1.29, 1.82) is 0 Å². The van der Waals surface area contributed by atoms with Crippen LogP contribution in [0.5, 0.6) is 0 Å². The molecule has 0 spiro atoms. The van der Waals surface area contributed by atoms with E-state index in [4.69, 9.17) is 0 Å². The van der Waals surface area contributed by atoms with Gasteiger partial charge in [0.2, 0.25) is 15.9 Å². The summed E-state index contributed by atoms with van der Waals surface area (Å²) in [6.45, 7) is -0.167. The van der Waals surface area contributed by atoms with E-state index in [1.54, 1.807) is 24.3 Å². The van der Waals surface area contributed by atoms with Gasteiger partial charge in [0.25, 0.3) is 0 Å². The fraction of sp³-hybridized carbons (Fsp3) is 0.235. The minimum absolute atomic E-state index is 0.248. The predicted octanol–water partition coefficient (Wildman–Crippen LogP) is 2.58. The molecule has 5 nitrogen and oxygen atoms in total. The first kappa shape index (κ1) is 19.8. The maximum absolute atomic E-state index is 13.9. The number of benzene rings is 2. The van der Waals surface area contributed by atoms with Crippen LogP contribution in [0.2, 0.25) is 0 Å². The lowest BCUT2D eigenvalue weighted by molar-refractivity contribution is -0.121. The number of nitrogens with one attached hydrogen (secondary N) is 1. The first-order valence-corrected chi connectivity index (χ1v) is 9.47. The highest BCUT2D eigenvalue weighted by atomic mass is 32.2. The first-order valence-electron chi connectivity index (χ1n) is 7.62. The van der Waals surface area contributed by atoms with Crippen LogP contribution in [-0.4, -0.2) is 27.1 Å². The van der Waals surface area contributed by atoms with Crippen molar-refractivity contribution in [3.8, 4) is 0 Å². The lowest BCUT2D eigenvalue weighted by Crippen LogP contribution is -2.35. The van der Waals surface area contributed by atoms with Crippen molar-refractivity contribution >= 4 is 21.6 Å². The van der Waals surface area contributed by atoms with Crippen molar-refractivity contribution in [2.24, 2.45) is 0 Å². The summed E-state index contributed by atoms with van der Waals surface area (Å²) < 4.78 is 64.7. The number of sulfonamides is 1. The monoisotopic (exact) mass is 386 g/mol. The van der Waals surface area contributed by atoms with E-state index in [1.807, 2.05) is 6.07 Å². The standard InChI is InChI=1S/C17H17F3N2O3S/c1-26(24,25)22(14-8-7-13(18)16(19)17(14)20)10-9-15(23)21-11-12-5-3-2-4-6-12/h2-8H,9-11H2,1H3,(H,21,23). The van der Waals surface area contributed by atoms with Crippen molar-refractivity contribution in [2.75, 3.05) is 17.1 Å². The molecule has 0 saturated carbocycles. The fourth-order valence-corrected chi connectivity index (χ4v) is 3.18. The van der Waals surface area contributed by atoms with Crippen molar-refractivity contribution in [1.82, 2.24) is 5.32 Å². The van der Waals surface area contributed by atoms with Gasteiger partial charge < -0.3 is 5.32 Å². The molecule has 1 N–H and O–H groups in total. The van der Waals surface area contributed by atoms with Crippen LogP contribution >= 0.6 is 0 Å². The highest BCUT2D eigenvalue weighted by molar-refractivity contribution is 7.92. The summed E-state index contributed by atoms with van der Waals surface area (Å²) in [5, 5.41) is 2.60. The summed E-state index contributed by atoms with van der Waals surface area (Å²) >= 11 is 0. The number of nitrogens with zero attached hydrogens (tertiary/aromatic N) is 1. The molecule has 9 heteroatoms. The van der Waals surface area contributed by atoms with Crippen LogP contribution < -0.4 is 9.62 Å². The summed E-state index contributed by atoms with van der Waals surface area (Å²) in [5.41, 5.74) is 0.203. The van der Waals surface area contributed by atoms with Crippen LogP contribution in [0.1, 0.15) is 12.0 Å². The quantitative estimate of drug-likeness (QED) is 0.744. The number of halogens is 3. The summed E-state index contributed by atoms with van der Waals surface area (Å²) in [6.07, 6.45) is 0.508. The number of rotatable bonds is 7. The van der Waals surface area contributed by atoms with Crippen LogP contribution in [0.15, 0.2) is 42.5 Å². The van der Waals surface area contributed by atoms with Crippen molar-refractivity contribution in [3.05, 3.63) is 65.5 Å². The molecule has 2 aromatic carbocycles. The average molecular weight is 386 g/mol.